The van der Waals surface area contributed by atoms with E-state index in [1.54, 1.807) is 18.5 Å². The highest BCUT2D eigenvalue weighted by atomic mass is 16.3. The van der Waals surface area contributed by atoms with Gasteiger partial charge < -0.3 is 9.73 Å². The summed E-state index contributed by atoms with van der Waals surface area (Å²) < 4.78 is 5.83. The van der Waals surface area contributed by atoms with Gasteiger partial charge in [-0.05, 0) is 25.2 Å². The monoisotopic (exact) mass is 239 g/mol. The summed E-state index contributed by atoms with van der Waals surface area (Å²) in [4.78, 5) is 8.53. The van der Waals surface area contributed by atoms with Crippen molar-refractivity contribution in [2.24, 2.45) is 0 Å². The maximum Gasteiger partial charge on any atom is 0.152 e. The van der Waals surface area contributed by atoms with Crippen molar-refractivity contribution in [2.45, 2.75) is 6.04 Å². The molecule has 4 nitrogen and oxygen atoms in total. The molecule has 0 radical (unpaired) electrons. The number of hydrogen-bond donors (Lipinski definition) is 1. The Kier molecular flexibility index (Phi) is 2.78. The lowest BCUT2D eigenvalue weighted by molar-refractivity contribution is 0.479. The van der Waals surface area contributed by atoms with Gasteiger partial charge in [-0.1, -0.05) is 18.2 Å². The van der Waals surface area contributed by atoms with Gasteiger partial charge in [-0.15, -0.1) is 0 Å². The van der Waals surface area contributed by atoms with E-state index in [4.69, 9.17) is 4.42 Å². The summed E-state index contributed by atoms with van der Waals surface area (Å²) in [5.74, 6) is 1.53. The Labute approximate surface area is 105 Å². The molecule has 1 aromatic carbocycles. The molecule has 0 fully saturated rings. The van der Waals surface area contributed by atoms with Crippen molar-refractivity contribution >= 4 is 11.0 Å². The van der Waals surface area contributed by atoms with Crippen LogP contribution < -0.4 is 5.32 Å². The molecule has 0 aliphatic carbocycles. The number of para-hydroxylation sites is 1. The van der Waals surface area contributed by atoms with Gasteiger partial charge in [0.25, 0.3) is 0 Å². The van der Waals surface area contributed by atoms with Crippen LogP contribution in [-0.2, 0) is 0 Å². The van der Waals surface area contributed by atoms with Crippen molar-refractivity contribution in [3.8, 4) is 0 Å². The van der Waals surface area contributed by atoms with Gasteiger partial charge in [0.05, 0.1) is 0 Å². The SMILES string of the molecule is CNC(c1ncccn1)c1cc2ccccc2o1. The van der Waals surface area contributed by atoms with Crippen LogP contribution in [0.25, 0.3) is 11.0 Å². The van der Waals surface area contributed by atoms with Crippen LogP contribution in [0.3, 0.4) is 0 Å². The van der Waals surface area contributed by atoms with E-state index >= 15 is 0 Å². The number of fused-ring (bicyclic) bond motifs is 1. The summed E-state index contributed by atoms with van der Waals surface area (Å²) in [5, 5.41) is 4.26. The molecule has 3 rings (SSSR count). The molecule has 0 amide bonds. The number of hydrogen-bond acceptors (Lipinski definition) is 4. The molecule has 3 aromatic rings. The number of nitrogens with zero attached hydrogens (tertiary/aromatic N) is 2. The zero-order valence-corrected chi connectivity index (χ0v) is 10.00. The van der Waals surface area contributed by atoms with E-state index in [9.17, 15) is 0 Å². The normalized spacial score (nSPS) is 12.7. The second-order valence-electron chi connectivity index (χ2n) is 4.02. The third kappa shape index (κ3) is 1.87. The highest BCUT2D eigenvalue weighted by Gasteiger charge is 2.18. The van der Waals surface area contributed by atoms with Crippen molar-refractivity contribution in [1.29, 1.82) is 0 Å². The van der Waals surface area contributed by atoms with E-state index in [0.29, 0.717) is 5.82 Å². The molecule has 90 valence electrons. The Morgan fingerprint density at radius 3 is 2.61 bits per heavy atom. The van der Waals surface area contributed by atoms with E-state index in [-0.39, 0.29) is 6.04 Å². The quantitative estimate of drug-likeness (QED) is 0.763. The molecular weight excluding hydrogens is 226 g/mol. The molecule has 0 saturated heterocycles. The number of rotatable bonds is 3. The van der Waals surface area contributed by atoms with Gasteiger partial charge in [-0.25, -0.2) is 9.97 Å². The van der Waals surface area contributed by atoms with E-state index in [1.165, 1.54) is 0 Å². The number of furan rings is 1. The topological polar surface area (TPSA) is 51.0 Å². The van der Waals surface area contributed by atoms with E-state index in [1.807, 2.05) is 37.4 Å². The van der Waals surface area contributed by atoms with Crippen LogP contribution in [0, 0.1) is 0 Å². The molecule has 0 spiro atoms. The zero-order valence-electron chi connectivity index (χ0n) is 10.00. The highest BCUT2D eigenvalue weighted by molar-refractivity contribution is 5.77. The fourth-order valence-corrected chi connectivity index (χ4v) is 2.00. The van der Waals surface area contributed by atoms with Crippen LogP contribution >= 0.6 is 0 Å². The maximum absolute atomic E-state index is 5.83. The summed E-state index contributed by atoms with van der Waals surface area (Å²) in [7, 11) is 1.87. The third-order valence-corrected chi connectivity index (χ3v) is 2.86. The molecule has 2 heterocycles. The fourth-order valence-electron chi connectivity index (χ4n) is 2.00. The second-order valence-corrected chi connectivity index (χ2v) is 4.02. The standard InChI is InChI=1S/C14H13N3O/c1-15-13(14-16-7-4-8-17-14)12-9-10-5-2-3-6-11(10)18-12/h2-9,13,15H,1H3. The van der Waals surface area contributed by atoms with Gasteiger partial charge in [0.1, 0.15) is 17.4 Å². The average molecular weight is 239 g/mol. The Morgan fingerprint density at radius 1 is 1.11 bits per heavy atom. The zero-order chi connectivity index (χ0) is 12.4. The average Bonchev–Trinajstić information content (AvgIpc) is 2.84. The fraction of sp³-hybridized carbons (Fsp3) is 0.143. The second kappa shape index (κ2) is 4.58. The van der Waals surface area contributed by atoms with Crippen LogP contribution in [0.5, 0.6) is 0 Å². The molecule has 0 aliphatic heterocycles. The summed E-state index contributed by atoms with van der Waals surface area (Å²) in [5.41, 5.74) is 0.878. The Bertz CT molecular complexity index is 615. The molecule has 1 unspecified atom stereocenters. The van der Waals surface area contributed by atoms with Gasteiger partial charge >= 0.3 is 0 Å². The number of aromatic nitrogens is 2. The van der Waals surface area contributed by atoms with Crippen molar-refractivity contribution < 1.29 is 4.42 Å². The van der Waals surface area contributed by atoms with Gasteiger partial charge in [0.15, 0.2) is 5.82 Å². The van der Waals surface area contributed by atoms with Crippen molar-refractivity contribution in [1.82, 2.24) is 15.3 Å². The lowest BCUT2D eigenvalue weighted by Crippen LogP contribution is -2.19. The summed E-state index contributed by atoms with van der Waals surface area (Å²) in [6.07, 6.45) is 3.46. The van der Waals surface area contributed by atoms with Crippen LogP contribution in [0.2, 0.25) is 0 Å². The third-order valence-electron chi connectivity index (χ3n) is 2.86. The minimum absolute atomic E-state index is 0.126. The molecule has 0 aliphatic rings. The molecular formula is C14H13N3O. The lowest BCUT2D eigenvalue weighted by Gasteiger charge is -2.10. The minimum Gasteiger partial charge on any atom is -0.459 e. The predicted molar refractivity (Wildman–Crippen MR) is 69.1 cm³/mol. The largest absolute Gasteiger partial charge is 0.459 e. The molecule has 1 atom stereocenters. The highest BCUT2D eigenvalue weighted by Crippen LogP contribution is 2.26. The maximum atomic E-state index is 5.83. The first-order chi connectivity index (χ1) is 8.88. The smallest absolute Gasteiger partial charge is 0.152 e. The van der Waals surface area contributed by atoms with Crippen LogP contribution in [0.4, 0.5) is 0 Å². The van der Waals surface area contributed by atoms with Gasteiger partial charge in [0.2, 0.25) is 0 Å². The van der Waals surface area contributed by atoms with Gasteiger partial charge in [0, 0.05) is 17.8 Å². The molecule has 18 heavy (non-hydrogen) atoms. The van der Waals surface area contributed by atoms with Crippen molar-refractivity contribution in [2.75, 3.05) is 7.05 Å². The van der Waals surface area contributed by atoms with Crippen molar-refractivity contribution in [3.05, 3.63) is 60.4 Å². The van der Waals surface area contributed by atoms with Gasteiger partial charge in [-0.2, -0.15) is 0 Å². The molecule has 0 saturated carbocycles. The summed E-state index contributed by atoms with van der Waals surface area (Å²) >= 11 is 0. The molecule has 0 bridgehead atoms. The van der Waals surface area contributed by atoms with Crippen LogP contribution in [0.15, 0.2) is 53.2 Å². The van der Waals surface area contributed by atoms with Gasteiger partial charge in [-0.3, -0.25) is 0 Å². The Hall–Kier alpha value is -2.20. The first kappa shape index (κ1) is 10.9. The first-order valence-corrected chi connectivity index (χ1v) is 5.81. The summed E-state index contributed by atoms with van der Waals surface area (Å²) in [6, 6.07) is 11.6. The van der Waals surface area contributed by atoms with E-state index < -0.39 is 0 Å². The lowest BCUT2D eigenvalue weighted by atomic mass is 10.2. The predicted octanol–water partition coefficient (Wildman–Crippen LogP) is 2.53. The van der Waals surface area contributed by atoms with E-state index in [0.717, 1.165) is 16.7 Å². The minimum atomic E-state index is -0.126. The first-order valence-electron chi connectivity index (χ1n) is 5.81. The Morgan fingerprint density at radius 2 is 1.89 bits per heavy atom. The van der Waals surface area contributed by atoms with E-state index in [2.05, 4.69) is 15.3 Å². The van der Waals surface area contributed by atoms with Crippen LogP contribution in [0.1, 0.15) is 17.6 Å². The Balaban J connectivity index is 2.06. The summed E-state index contributed by atoms with van der Waals surface area (Å²) in [6.45, 7) is 0. The molecule has 1 N–H and O–H groups in total. The van der Waals surface area contributed by atoms with Crippen molar-refractivity contribution in [3.63, 3.8) is 0 Å². The molecule has 2 aromatic heterocycles. The van der Waals surface area contributed by atoms with Crippen LogP contribution in [-0.4, -0.2) is 17.0 Å². The number of benzene rings is 1. The number of nitrogens with one attached hydrogen (secondary N) is 1. The molecule has 4 heteroatoms.